The topological polar surface area (TPSA) is 130 Å². The van der Waals surface area contributed by atoms with Crippen molar-refractivity contribution >= 4 is 23.1 Å². The Labute approximate surface area is 152 Å². The van der Waals surface area contributed by atoms with Crippen LogP contribution < -0.4 is 0 Å². The minimum atomic E-state index is -1.01. The standard InChI is InChI=1S/C18H14N2O7/c21-17(12-3-7-15(8-4-12)20(25)26)16-13(10-27-18(16)22)9-11-1-5-14(6-2-11)19(23)24/h1-8,13,16H,9-10H2/t13-,16-/m0/s1. The van der Waals surface area contributed by atoms with Gasteiger partial charge in [0.1, 0.15) is 5.92 Å². The molecule has 0 amide bonds. The first-order valence-electron chi connectivity index (χ1n) is 8.05. The fourth-order valence-electron chi connectivity index (χ4n) is 3.05. The van der Waals surface area contributed by atoms with Crippen LogP contribution in [0.5, 0.6) is 0 Å². The maximum Gasteiger partial charge on any atom is 0.317 e. The molecule has 27 heavy (non-hydrogen) atoms. The molecule has 0 bridgehead atoms. The second-order valence-electron chi connectivity index (χ2n) is 6.16. The van der Waals surface area contributed by atoms with Gasteiger partial charge in [0, 0.05) is 35.7 Å². The number of hydrogen-bond acceptors (Lipinski definition) is 7. The van der Waals surface area contributed by atoms with Crippen molar-refractivity contribution in [3.05, 3.63) is 79.9 Å². The zero-order valence-corrected chi connectivity index (χ0v) is 13.9. The summed E-state index contributed by atoms with van der Waals surface area (Å²) in [6, 6.07) is 10.9. The van der Waals surface area contributed by atoms with E-state index in [-0.39, 0.29) is 23.5 Å². The molecule has 0 unspecified atom stereocenters. The van der Waals surface area contributed by atoms with E-state index in [0.29, 0.717) is 6.42 Å². The largest absolute Gasteiger partial charge is 0.465 e. The number of nitro benzene ring substituents is 2. The zero-order valence-electron chi connectivity index (χ0n) is 13.9. The summed E-state index contributed by atoms with van der Waals surface area (Å²) in [6.07, 6.45) is 0.340. The zero-order chi connectivity index (χ0) is 19.6. The molecule has 0 saturated carbocycles. The molecule has 138 valence electrons. The first-order chi connectivity index (χ1) is 12.9. The van der Waals surface area contributed by atoms with Crippen molar-refractivity contribution in [3.63, 3.8) is 0 Å². The summed E-state index contributed by atoms with van der Waals surface area (Å²) in [6.45, 7) is 0.0687. The number of ketones is 1. The van der Waals surface area contributed by atoms with Gasteiger partial charge in [0.2, 0.25) is 0 Å². The molecule has 1 fully saturated rings. The molecule has 1 aliphatic rings. The van der Waals surface area contributed by atoms with Gasteiger partial charge in [-0.15, -0.1) is 0 Å². The SMILES string of the molecule is O=C1OC[C@H](Cc2ccc([N+](=O)[O-])cc2)[C@H]1C(=O)c1ccc([N+](=O)[O-])cc1. The average Bonchev–Trinajstić information content (AvgIpc) is 3.01. The lowest BCUT2D eigenvalue weighted by molar-refractivity contribution is -0.385. The van der Waals surface area contributed by atoms with Crippen molar-refractivity contribution in [1.29, 1.82) is 0 Å². The predicted octanol–water partition coefficient (Wildman–Crippen LogP) is 2.72. The van der Waals surface area contributed by atoms with Gasteiger partial charge >= 0.3 is 5.97 Å². The summed E-state index contributed by atoms with van der Waals surface area (Å²) in [5.41, 5.74) is 0.738. The van der Waals surface area contributed by atoms with Crippen LogP contribution in [0.2, 0.25) is 0 Å². The lowest BCUT2D eigenvalue weighted by atomic mass is 9.84. The van der Waals surface area contributed by atoms with E-state index in [1.54, 1.807) is 12.1 Å². The monoisotopic (exact) mass is 370 g/mol. The van der Waals surface area contributed by atoms with E-state index in [1.807, 2.05) is 0 Å². The van der Waals surface area contributed by atoms with Gasteiger partial charge in [-0.25, -0.2) is 0 Å². The molecule has 0 radical (unpaired) electrons. The third-order valence-corrected chi connectivity index (χ3v) is 4.46. The third-order valence-electron chi connectivity index (χ3n) is 4.46. The van der Waals surface area contributed by atoms with E-state index in [1.165, 1.54) is 36.4 Å². The van der Waals surface area contributed by atoms with Crippen LogP contribution in [0.1, 0.15) is 15.9 Å². The molecular weight excluding hydrogens is 356 g/mol. The Balaban J connectivity index is 1.78. The Kier molecular flexibility index (Phi) is 4.93. The molecule has 0 aromatic heterocycles. The van der Waals surface area contributed by atoms with Gasteiger partial charge < -0.3 is 4.74 Å². The molecule has 1 aliphatic heterocycles. The predicted molar refractivity (Wildman–Crippen MR) is 92.2 cm³/mol. The molecule has 9 heteroatoms. The van der Waals surface area contributed by atoms with E-state index in [2.05, 4.69) is 0 Å². The van der Waals surface area contributed by atoms with Gasteiger partial charge in [0.25, 0.3) is 11.4 Å². The lowest BCUT2D eigenvalue weighted by Gasteiger charge is -2.14. The van der Waals surface area contributed by atoms with Crippen LogP contribution in [0, 0.1) is 32.1 Å². The van der Waals surface area contributed by atoms with E-state index in [4.69, 9.17) is 4.74 Å². The normalized spacial score (nSPS) is 18.7. The molecule has 0 spiro atoms. The smallest absolute Gasteiger partial charge is 0.317 e. The number of carbonyl (C=O) groups excluding carboxylic acids is 2. The first-order valence-corrected chi connectivity index (χ1v) is 8.05. The number of hydrogen-bond donors (Lipinski definition) is 0. The maximum absolute atomic E-state index is 12.7. The number of benzene rings is 2. The number of non-ortho nitro benzene ring substituents is 2. The van der Waals surface area contributed by atoms with Crippen LogP contribution in [0.4, 0.5) is 11.4 Å². The van der Waals surface area contributed by atoms with Crippen molar-refractivity contribution in [1.82, 2.24) is 0 Å². The highest BCUT2D eigenvalue weighted by Gasteiger charge is 2.42. The number of esters is 1. The minimum Gasteiger partial charge on any atom is -0.465 e. The first kappa shape index (κ1) is 18.2. The molecule has 0 aliphatic carbocycles. The molecule has 3 rings (SSSR count). The van der Waals surface area contributed by atoms with E-state index >= 15 is 0 Å². The third kappa shape index (κ3) is 3.81. The van der Waals surface area contributed by atoms with Gasteiger partial charge in [0.05, 0.1) is 16.5 Å². The van der Waals surface area contributed by atoms with Crippen molar-refractivity contribution in [2.24, 2.45) is 11.8 Å². The average molecular weight is 370 g/mol. The van der Waals surface area contributed by atoms with Crippen molar-refractivity contribution in [2.45, 2.75) is 6.42 Å². The summed E-state index contributed by atoms with van der Waals surface area (Å²) < 4.78 is 5.04. The van der Waals surface area contributed by atoms with Gasteiger partial charge in [-0.3, -0.25) is 29.8 Å². The number of nitrogens with zero attached hydrogens (tertiary/aromatic N) is 2. The fourth-order valence-corrected chi connectivity index (χ4v) is 3.05. The second-order valence-corrected chi connectivity index (χ2v) is 6.16. The van der Waals surface area contributed by atoms with Gasteiger partial charge in [0.15, 0.2) is 5.78 Å². The van der Waals surface area contributed by atoms with Crippen molar-refractivity contribution < 1.29 is 24.2 Å². The Bertz CT molecular complexity index is 906. The van der Waals surface area contributed by atoms with Crippen LogP contribution in [-0.2, 0) is 16.0 Å². The van der Waals surface area contributed by atoms with Crippen LogP contribution in [0.15, 0.2) is 48.5 Å². The number of ether oxygens (including phenoxy) is 1. The van der Waals surface area contributed by atoms with E-state index in [0.717, 1.165) is 5.56 Å². The highest BCUT2D eigenvalue weighted by atomic mass is 16.6. The van der Waals surface area contributed by atoms with Crippen LogP contribution in [0.25, 0.3) is 0 Å². The van der Waals surface area contributed by atoms with Gasteiger partial charge in [-0.2, -0.15) is 0 Å². The maximum atomic E-state index is 12.7. The highest BCUT2D eigenvalue weighted by molar-refractivity contribution is 6.09. The number of carbonyl (C=O) groups is 2. The molecule has 2 aromatic rings. The lowest BCUT2D eigenvalue weighted by Crippen LogP contribution is -2.27. The molecule has 1 heterocycles. The Hall–Kier alpha value is -3.62. The Morgan fingerprint density at radius 1 is 0.963 bits per heavy atom. The molecule has 1 saturated heterocycles. The number of cyclic esters (lactones) is 1. The molecule has 0 N–H and O–H groups in total. The molecule has 2 atom stereocenters. The summed E-state index contributed by atoms with van der Waals surface area (Å²) in [5, 5.41) is 21.4. The Morgan fingerprint density at radius 3 is 2.00 bits per heavy atom. The van der Waals surface area contributed by atoms with Crippen LogP contribution in [-0.4, -0.2) is 28.2 Å². The molecular formula is C18H14N2O7. The number of rotatable bonds is 6. The van der Waals surface area contributed by atoms with Gasteiger partial charge in [-0.05, 0) is 24.1 Å². The van der Waals surface area contributed by atoms with Crippen molar-refractivity contribution in [2.75, 3.05) is 6.61 Å². The van der Waals surface area contributed by atoms with Crippen molar-refractivity contribution in [3.8, 4) is 0 Å². The summed E-state index contributed by atoms with van der Waals surface area (Å²) in [7, 11) is 0. The summed E-state index contributed by atoms with van der Waals surface area (Å²) >= 11 is 0. The van der Waals surface area contributed by atoms with Gasteiger partial charge in [-0.1, -0.05) is 12.1 Å². The number of nitro groups is 2. The highest BCUT2D eigenvalue weighted by Crippen LogP contribution is 2.30. The molecule has 9 nitrogen and oxygen atoms in total. The molecule has 2 aromatic carbocycles. The summed E-state index contributed by atoms with van der Waals surface area (Å²) in [5.74, 6) is -2.52. The minimum absolute atomic E-state index is 0.0454. The quantitative estimate of drug-likeness (QED) is 0.251. The fraction of sp³-hybridized carbons (Fsp3) is 0.222. The Morgan fingerprint density at radius 2 is 1.48 bits per heavy atom. The van der Waals surface area contributed by atoms with Crippen LogP contribution >= 0.6 is 0 Å². The number of Topliss-reactive ketones (excluding diaryl/α,β-unsaturated/α-hetero) is 1. The van der Waals surface area contributed by atoms with Crippen LogP contribution in [0.3, 0.4) is 0 Å². The summed E-state index contributed by atoms with van der Waals surface area (Å²) in [4.78, 5) is 45.1. The van der Waals surface area contributed by atoms with E-state index in [9.17, 15) is 29.8 Å². The second kappa shape index (κ2) is 7.32. The van der Waals surface area contributed by atoms with E-state index < -0.39 is 33.4 Å².